The maximum Gasteiger partial charge on any atom is 0.410 e. The summed E-state index contributed by atoms with van der Waals surface area (Å²) >= 11 is 0. The molecule has 2 rings (SSSR count). The summed E-state index contributed by atoms with van der Waals surface area (Å²) in [6.07, 6.45) is 3.31. The standard InChI is InChI=1S/C12H19N3O3/c1-3-4-6-18-12(16)15-5-7-17-11-10(8-15)13-9-14(11)2/h9H,3-8H2,1-2H3. The van der Waals surface area contributed by atoms with Crippen LogP contribution in [0, 0.1) is 0 Å². The molecular formula is C12H19N3O3. The number of hydrogen-bond acceptors (Lipinski definition) is 4. The van der Waals surface area contributed by atoms with Crippen LogP contribution in [0.1, 0.15) is 25.5 Å². The van der Waals surface area contributed by atoms with Crippen LogP contribution in [-0.2, 0) is 18.3 Å². The topological polar surface area (TPSA) is 56.6 Å². The molecule has 0 spiro atoms. The van der Waals surface area contributed by atoms with Gasteiger partial charge < -0.3 is 14.0 Å². The predicted octanol–water partition coefficient (Wildman–Crippen LogP) is 1.55. The highest BCUT2D eigenvalue weighted by Gasteiger charge is 2.23. The van der Waals surface area contributed by atoms with Gasteiger partial charge in [0.25, 0.3) is 0 Å². The number of aryl methyl sites for hydroxylation is 1. The second-order valence-corrected chi connectivity index (χ2v) is 4.35. The van der Waals surface area contributed by atoms with Crippen molar-refractivity contribution in [2.75, 3.05) is 19.8 Å². The summed E-state index contributed by atoms with van der Waals surface area (Å²) in [5, 5.41) is 0. The summed E-state index contributed by atoms with van der Waals surface area (Å²) in [6.45, 7) is 3.98. The number of hydrogen-bond donors (Lipinski definition) is 0. The number of nitrogens with zero attached hydrogens (tertiary/aromatic N) is 3. The number of imidazole rings is 1. The number of carbonyl (C=O) groups excluding carboxylic acids is 1. The lowest BCUT2D eigenvalue weighted by Gasteiger charge is -2.18. The number of rotatable bonds is 3. The molecule has 0 saturated heterocycles. The first-order chi connectivity index (χ1) is 8.72. The normalized spacial score (nSPS) is 14.7. The SMILES string of the molecule is CCCCOC(=O)N1CCOc2c(ncn2C)C1. The molecule has 0 N–H and O–H groups in total. The van der Waals surface area contributed by atoms with Gasteiger partial charge in [-0.05, 0) is 6.42 Å². The number of ether oxygens (including phenoxy) is 2. The molecule has 2 heterocycles. The van der Waals surface area contributed by atoms with Gasteiger partial charge in [-0.25, -0.2) is 9.78 Å². The first-order valence-corrected chi connectivity index (χ1v) is 6.27. The number of unbranched alkanes of at least 4 members (excludes halogenated alkanes) is 1. The molecule has 1 aromatic heterocycles. The first-order valence-electron chi connectivity index (χ1n) is 6.27. The Labute approximate surface area is 106 Å². The second-order valence-electron chi connectivity index (χ2n) is 4.35. The van der Waals surface area contributed by atoms with Crippen molar-refractivity contribution in [3.05, 3.63) is 12.0 Å². The highest BCUT2D eigenvalue weighted by atomic mass is 16.6. The molecule has 0 bridgehead atoms. The summed E-state index contributed by atoms with van der Waals surface area (Å²) in [5.74, 6) is 0.735. The van der Waals surface area contributed by atoms with Gasteiger partial charge in [-0.2, -0.15) is 0 Å². The van der Waals surface area contributed by atoms with Crippen LogP contribution < -0.4 is 4.74 Å². The molecule has 0 aromatic carbocycles. The van der Waals surface area contributed by atoms with Gasteiger partial charge in [-0.3, -0.25) is 4.90 Å². The zero-order valence-corrected chi connectivity index (χ0v) is 10.9. The minimum Gasteiger partial charge on any atom is -0.476 e. The summed E-state index contributed by atoms with van der Waals surface area (Å²) in [6, 6.07) is 0. The predicted molar refractivity (Wildman–Crippen MR) is 65.4 cm³/mol. The van der Waals surface area contributed by atoms with Crippen LogP contribution in [0.15, 0.2) is 6.33 Å². The van der Waals surface area contributed by atoms with E-state index in [0.29, 0.717) is 26.3 Å². The van der Waals surface area contributed by atoms with E-state index in [1.54, 1.807) is 11.2 Å². The molecule has 1 aliphatic rings. The number of carbonyl (C=O) groups is 1. The summed E-state index contributed by atoms with van der Waals surface area (Å²) < 4.78 is 12.6. The molecule has 100 valence electrons. The molecular weight excluding hydrogens is 234 g/mol. The lowest BCUT2D eigenvalue weighted by atomic mass is 10.4. The van der Waals surface area contributed by atoms with Crippen molar-refractivity contribution in [2.45, 2.75) is 26.3 Å². The molecule has 0 aliphatic carbocycles. The minimum absolute atomic E-state index is 0.287. The Kier molecular flexibility index (Phi) is 4.07. The van der Waals surface area contributed by atoms with Crippen molar-refractivity contribution in [3.63, 3.8) is 0 Å². The molecule has 0 radical (unpaired) electrons. The van der Waals surface area contributed by atoms with Gasteiger partial charge in [0, 0.05) is 7.05 Å². The van der Waals surface area contributed by atoms with Crippen molar-refractivity contribution in [1.29, 1.82) is 0 Å². The Morgan fingerprint density at radius 1 is 1.61 bits per heavy atom. The van der Waals surface area contributed by atoms with Gasteiger partial charge >= 0.3 is 6.09 Å². The minimum atomic E-state index is -0.287. The average molecular weight is 253 g/mol. The lowest BCUT2D eigenvalue weighted by molar-refractivity contribution is 0.0954. The Balaban J connectivity index is 1.97. The van der Waals surface area contributed by atoms with E-state index < -0.39 is 0 Å². The zero-order chi connectivity index (χ0) is 13.0. The maximum atomic E-state index is 11.9. The Bertz CT molecular complexity index is 417. The number of aromatic nitrogens is 2. The van der Waals surface area contributed by atoms with Crippen molar-refractivity contribution < 1.29 is 14.3 Å². The third-order valence-electron chi connectivity index (χ3n) is 2.88. The van der Waals surface area contributed by atoms with Crippen molar-refractivity contribution in [2.24, 2.45) is 7.05 Å². The van der Waals surface area contributed by atoms with Crippen LogP contribution in [0.3, 0.4) is 0 Å². The monoisotopic (exact) mass is 253 g/mol. The molecule has 0 unspecified atom stereocenters. The van der Waals surface area contributed by atoms with Gasteiger partial charge in [0.05, 0.1) is 26.0 Å². The number of fused-ring (bicyclic) bond motifs is 1. The summed E-state index contributed by atoms with van der Waals surface area (Å²) in [5.41, 5.74) is 0.780. The molecule has 0 atom stereocenters. The molecule has 6 nitrogen and oxygen atoms in total. The number of amides is 1. The van der Waals surface area contributed by atoms with E-state index in [4.69, 9.17) is 9.47 Å². The smallest absolute Gasteiger partial charge is 0.410 e. The summed E-state index contributed by atoms with van der Waals surface area (Å²) in [4.78, 5) is 17.7. The zero-order valence-electron chi connectivity index (χ0n) is 10.9. The maximum absolute atomic E-state index is 11.9. The average Bonchev–Trinajstić information content (AvgIpc) is 2.60. The quantitative estimate of drug-likeness (QED) is 0.767. The van der Waals surface area contributed by atoms with E-state index in [1.807, 2.05) is 11.6 Å². The van der Waals surface area contributed by atoms with Gasteiger partial charge in [0.2, 0.25) is 5.88 Å². The highest BCUT2D eigenvalue weighted by molar-refractivity contribution is 5.67. The van der Waals surface area contributed by atoms with E-state index in [2.05, 4.69) is 11.9 Å². The van der Waals surface area contributed by atoms with Gasteiger partial charge in [0.1, 0.15) is 12.3 Å². The first kappa shape index (κ1) is 12.7. The van der Waals surface area contributed by atoms with Gasteiger partial charge in [-0.15, -0.1) is 0 Å². The Morgan fingerprint density at radius 3 is 3.22 bits per heavy atom. The molecule has 18 heavy (non-hydrogen) atoms. The van der Waals surface area contributed by atoms with Crippen molar-refractivity contribution >= 4 is 6.09 Å². The lowest BCUT2D eigenvalue weighted by Crippen LogP contribution is -2.33. The molecule has 1 aliphatic heterocycles. The fourth-order valence-electron chi connectivity index (χ4n) is 1.82. The molecule has 1 amide bonds. The second kappa shape index (κ2) is 5.75. The van der Waals surface area contributed by atoms with E-state index in [1.165, 1.54) is 0 Å². The van der Waals surface area contributed by atoms with Gasteiger partial charge in [0.15, 0.2) is 0 Å². The molecule has 0 fully saturated rings. The third kappa shape index (κ3) is 2.75. The Hall–Kier alpha value is -1.72. The van der Waals surface area contributed by atoms with Crippen LogP contribution in [0.5, 0.6) is 5.88 Å². The molecule has 1 aromatic rings. The van der Waals surface area contributed by atoms with Crippen molar-refractivity contribution in [1.82, 2.24) is 14.5 Å². The van der Waals surface area contributed by atoms with Crippen LogP contribution in [0.2, 0.25) is 0 Å². The Morgan fingerprint density at radius 2 is 2.44 bits per heavy atom. The van der Waals surface area contributed by atoms with E-state index in [9.17, 15) is 4.79 Å². The van der Waals surface area contributed by atoms with Crippen LogP contribution in [0.25, 0.3) is 0 Å². The fourth-order valence-corrected chi connectivity index (χ4v) is 1.82. The highest BCUT2D eigenvalue weighted by Crippen LogP contribution is 2.21. The fraction of sp³-hybridized carbons (Fsp3) is 0.667. The van der Waals surface area contributed by atoms with Crippen LogP contribution in [-0.4, -0.2) is 40.3 Å². The van der Waals surface area contributed by atoms with Crippen LogP contribution in [0.4, 0.5) is 4.79 Å². The van der Waals surface area contributed by atoms with Gasteiger partial charge in [-0.1, -0.05) is 13.3 Å². The van der Waals surface area contributed by atoms with E-state index in [-0.39, 0.29) is 6.09 Å². The molecule has 6 heteroatoms. The summed E-state index contributed by atoms with van der Waals surface area (Å²) in [7, 11) is 1.88. The van der Waals surface area contributed by atoms with Crippen molar-refractivity contribution in [3.8, 4) is 5.88 Å². The molecule has 0 saturated carbocycles. The largest absolute Gasteiger partial charge is 0.476 e. The van der Waals surface area contributed by atoms with E-state index in [0.717, 1.165) is 24.4 Å². The third-order valence-corrected chi connectivity index (χ3v) is 2.88. The van der Waals surface area contributed by atoms with Crippen LogP contribution >= 0.6 is 0 Å². The van der Waals surface area contributed by atoms with E-state index >= 15 is 0 Å².